The molecule has 9 heteroatoms. The first-order chi connectivity index (χ1) is 16.5. The van der Waals surface area contributed by atoms with Crippen molar-refractivity contribution in [3.05, 3.63) is 72.3 Å². The topological polar surface area (TPSA) is 85.0 Å². The van der Waals surface area contributed by atoms with E-state index >= 15 is 0 Å². The predicted octanol–water partition coefficient (Wildman–Crippen LogP) is 5.28. The van der Waals surface area contributed by atoms with Crippen LogP contribution < -0.4 is 5.01 Å². The highest BCUT2D eigenvalue weighted by molar-refractivity contribution is 7.80. The summed E-state index contributed by atoms with van der Waals surface area (Å²) in [5.41, 5.74) is 4.83. The molecule has 1 aliphatic heterocycles. The first-order valence-electron chi connectivity index (χ1n) is 10.9. The number of benzene rings is 3. The first-order valence-corrected chi connectivity index (χ1v) is 13.1. The molecule has 5 rings (SSSR count). The average Bonchev–Trinajstić information content (AvgIpc) is 3.30. The van der Waals surface area contributed by atoms with Gasteiger partial charge in [-0.05, 0) is 38.1 Å². The number of fused-ring (bicyclic) bond motifs is 4. The van der Waals surface area contributed by atoms with E-state index in [9.17, 15) is 13.0 Å². The Hall–Kier alpha value is -3.11. The number of nitrogens with zero attached hydrogens (tertiary/aromatic N) is 3. The summed E-state index contributed by atoms with van der Waals surface area (Å²) < 4.78 is 35.9. The molecule has 3 aromatic carbocycles. The van der Waals surface area contributed by atoms with Gasteiger partial charge in [-0.15, -0.1) is 11.3 Å². The summed E-state index contributed by atoms with van der Waals surface area (Å²) in [5, 5.41) is 9.38. The van der Waals surface area contributed by atoms with Gasteiger partial charge in [-0.3, -0.25) is 9.19 Å². The van der Waals surface area contributed by atoms with Gasteiger partial charge in [0.15, 0.2) is 0 Å². The molecule has 0 bridgehead atoms. The van der Waals surface area contributed by atoms with E-state index in [1.54, 1.807) is 0 Å². The summed E-state index contributed by atoms with van der Waals surface area (Å²) in [6.45, 7) is 4.53. The zero-order valence-electron chi connectivity index (χ0n) is 20.2. The van der Waals surface area contributed by atoms with Crippen molar-refractivity contribution < 1.29 is 21.7 Å². The van der Waals surface area contributed by atoms with Gasteiger partial charge in [0.25, 0.3) is 0 Å². The lowest BCUT2D eigenvalue weighted by Gasteiger charge is -2.16. The second-order valence-corrected chi connectivity index (χ2v) is 10.9. The maximum absolute atomic E-state index is 9.22. The predicted molar refractivity (Wildman–Crippen MR) is 143 cm³/mol. The van der Waals surface area contributed by atoms with Crippen LogP contribution in [-0.2, 0) is 20.0 Å². The Balaban J connectivity index is 0.000000431. The SMILES string of the molecule is CN(N=CC1=[N+](C)c2ccccc2C1(C)C)c1ccc2sc3ccccc3c2c1.COS(=O)(=O)[O-]. The van der Waals surface area contributed by atoms with E-state index in [1.807, 2.05) is 29.6 Å². The van der Waals surface area contributed by atoms with E-state index in [0.717, 1.165) is 12.8 Å². The van der Waals surface area contributed by atoms with Gasteiger partial charge in [0.2, 0.25) is 21.8 Å². The van der Waals surface area contributed by atoms with Crippen LogP contribution >= 0.6 is 11.3 Å². The minimum atomic E-state index is -4.41. The zero-order chi connectivity index (χ0) is 25.4. The lowest BCUT2D eigenvalue weighted by atomic mass is 9.82. The maximum Gasteiger partial charge on any atom is 0.217 e. The maximum atomic E-state index is 9.22. The summed E-state index contributed by atoms with van der Waals surface area (Å²) in [7, 11) is 0.535. The molecule has 0 amide bonds. The van der Waals surface area contributed by atoms with Crippen LogP contribution in [0.4, 0.5) is 11.4 Å². The molecule has 0 unspecified atom stereocenters. The van der Waals surface area contributed by atoms with Crippen LogP contribution in [0.2, 0.25) is 0 Å². The first kappa shape index (κ1) is 25.0. The number of rotatable bonds is 4. The van der Waals surface area contributed by atoms with Crippen LogP contribution in [0.15, 0.2) is 71.8 Å². The van der Waals surface area contributed by atoms with E-state index in [2.05, 4.69) is 96.4 Å². The van der Waals surface area contributed by atoms with Crippen molar-refractivity contribution in [1.29, 1.82) is 0 Å². The fourth-order valence-electron chi connectivity index (χ4n) is 4.35. The number of hydrogen-bond donors (Lipinski definition) is 0. The fourth-order valence-corrected chi connectivity index (χ4v) is 5.44. The van der Waals surface area contributed by atoms with Crippen LogP contribution in [-0.4, -0.2) is 50.7 Å². The van der Waals surface area contributed by atoms with Crippen LogP contribution in [0, 0.1) is 0 Å². The molecule has 0 spiro atoms. The summed E-state index contributed by atoms with van der Waals surface area (Å²) in [5.74, 6) is 0. The molecule has 1 aliphatic rings. The molecule has 0 aliphatic carbocycles. The second kappa shape index (κ2) is 9.50. The van der Waals surface area contributed by atoms with Crippen molar-refractivity contribution in [2.24, 2.45) is 5.10 Å². The Morgan fingerprint density at radius 1 is 1.03 bits per heavy atom. The Morgan fingerprint density at radius 2 is 1.66 bits per heavy atom. The van der Waals surface area contributed by atoms with E-state index in [4.69, 9.17) is 5.10 Å². The monoisotopic (exact) mass is 509 g/mol. The lowest BCUT2D eigenvalue weighted by Crippen LogP contribution is -2.30. The summed E-state index contributed by atoms with van der Waals surface area (Å²) in [6, 6.07) is 23.8. The van der Waals surface area contributed by atoms with Crippen molar-refractivity contribution in [3.63, 3.8) is 0 Å². The largest absolute Gasteiger partial charge is 0.726 e. The lowest BCUT2D eigenvalue weighted by molar-refractivity contribution is -0.400. The molecular weight excluding hydrogens is 482 g/mol. The molecule has 182 valence electrons. The zero-order valence-corrected chi connectivity index (χ0v) is 21.9. The molecule has 0 N–H and O–H groups in total. The Bertz CT molecular complexity index is 1570. The molecule has 0 saturated heterocycles. The highest BCUT2D eigenvalue weighted by atomic mass is 32.3. The highest BCUT2D eigenvalue weighted by Crippen LogP contribution is 2.38. The van der Waals surface area contributed by atoms with Crippen molar-refractivity contribution >= 4 is 65.2 Å². The normalized spacial score (nSPS) is 14.9. The molecule has 0 radical (unpaired) electrons. The second-order valence-electron chi connectivity index (χ2n) is 8.71. The Kier molecular flexibility index (Phi) is 6.79. The Labute approximate surface area is 209 Å². The standard InChI is InChI=1S/C25H24N3S.CH4O4S/c1-25(2)20-10-6-7-11-21(20)27(3)24(25)16-26-28(4)17-13-14-23-19(15-17)18-9-5-8-12-22(18)29-23;1-5-6(2,3)4/h5-16H,1-4H3;1H3,(H,2,3,4)/q+1;/p-1. The quantitative estimate of drug-likeness (QED) is 0.123. The van der Waals surface area contributed by atoms with Crippen LogP contribution in [0.3, 0.4) is 0 Å². The number of para-hydroxylation sites is 1. The minimum absolute atomic E-state index is 0.0663. The summed E-state index contributed by atoms with van der Waals surface area (Å²) in [6.07, 6.45) is 2.01. The van der Waals surface area contributed by atoms with Crippen molar-refractivity contribution in [2.45, 2.75) is 19.3 Å². The van der Waals surface area contributed by atoms with Gasteiger partial charge in [-0.2, -0.15) is 9.68 Å². The van der Waals surface area contributed by atoms with Crippen LogP contribution in [0.25, 0.3) is 20.2 Å². The Morgan fingerprint density at radius 3 is 2.34 bits per heavy atom. The number of hydrazone groups is 1. The molecule has 2 heterocycles. The molecule has 0 atom stereocenters. The van der Waals surface area contributed by atoms with Gasteiger partial charge in [-0.1, -0.05) is 36.4 Å². The fraction of sp³-hybridized carbons (Fsp3) is 0.231. The molecule has 7 nitrogen and oxygen atoms in total. The van der Waals surface area contributed by atoms with E-state index in [0.29, 0.717) is 0 Å². The van der Waals surface area contributed by atoms with Gasteiger partial charge < -0.3 is 4.55 Å². The van der Waals surface area contributed by atoms with Gasteiger partial charge in [0.1, 0.15) is 13.3 Å². The van der Waals surface area contributed by atoms with Gasteiger partial charge in [0.05, 0.1) is 18.2 Å². The minimum Gasteiger partial charge on any atom is -0.726 e. The van der Waals surface area contributed by atoms with Crippen molar-refractivity contribution in [1.82, 2.24) is 0 Å². The third-order valence-corrected chi connectivity index (χ3v) is 7.79. The molecule has 4 aromatic rings. The third-order valence-electron chi connectivity index (χ3n) is 6.23. The molecule has 35 heavy (non-hydrogen) atoms. The molecule has 0 saturated carbocycles. The van der Waals surface area contributed by atoms with E-state index in [1.165, 1.54) is 37.1 Å². The summed E-state index contributed by atoms with van der Waals surface area (Å²) >= 11 is 1.84. The smallest absolute Gasteiger partial charge is 0.217 e. The van der Waals surface area contributed by atoms with E-state index in [-0.39, 0.29) is 5.41 Å². The number of thiophene rings is 1. The van der Waals surface area contributed by atoms with Crippen LogP contribution in [0.1, 0.15) is 19.4 Å². The molecule has 0 fully saturated rings. The summed E-state index contributed by atoms with van der Waals surface area (Å²) in [4.78, 5) is 0. The van der Waals surface area contributed by atoms with Gasteiger partial charge in [-0.25, -0.2) is 8.42 Å². The van der Waals surface area contributed by atoms with Gasteiger partial charge >= 0.3 is 0 Å². The van der Waals surface area contributed by atoms with Crippen molar-refractivity contribution in [2.75, 3.05) is 26.2 Å². The van der Waals surface area contributed by atoms with E-state index < -0.39 is 10.4 Å². The third kappa shape index (κ3) is 4.99. The number of anilines is 1. The van der Waals surface area contributed by atoms with Gasteiger partial charge in [0, 0.05) is 38.8 Å². The highest BCUT2D eigenvalue weighted by Gasteiger charge is 2.43. The average molecular weight is 510 g/mol. The molecule has 1 aromatic heterocycles. The molecular formula is C26H27N3O4S2. The van der Waals surface area contributed by atoms with Crippen LogP contribution in [0.5, 0.6) is 0 Å². The number of hydrogen-bond acceptors (Lipinski definition) is 7. The van der Waals surface area contributed by atoms with Crippen molar-refractivity contribution in [3.8, 4) is 0 Å².